The normalized spacial score (nSPS) is 11.6. The van der Waals surface area contributed by atoms with Gasteiger partial charge in [-0.15, -0.1) is 0 Å². The first-order chi connectivity index (χ1) is 9.34. The van der Waals surface area contributed by atoms with E-state index in [1.165, 1.54) is 18.2 Å². The number of nitro benzene ring substituents is 1. The third-order valence-corrected chi connectivity index (χ3v) is 2.73. The summed E-state index contributed by atoms with van der Waals surface area (Å²) in [5.74, 6) is -0.276. The maximum Gasteiger partial charge on any atom is 0.269 e. The second kappa shape index (κ2) is 6.81. The fraction of sp³-hybridized carbons (Fsp3) is 0.357. The summed E-state index contributed by atoms with van der Waals surface area (Å²) >= 11 is 0. The summed E-state index contributed by atoms with van der Waals surface area (Å²) in [5, 5.41) is 22.1. The summed E-state index contributed by atoms with van der Waals surface area (Å²) in [5.41, 5.74) is 0.229. The van der Waals surface area contributed by atoms with Crippen molar-refractivity contribution in [1.29, 1.82) is 0 Å². The summed E-state index contributed by atoms with van der Waals surface area (Å²) in [6, 6.07) is 5.90. The molecule has 0 radical (unpaired) electrons. The van der Waals surface area contributed by atoms with Gasteiger partial charge in [0.25, 0.3) is 5.69 Å². The molecule has 0 heterocycles. The van der Waals surface area contributed by atoms with E-state index in [0.29, 0.717) is 12.0 Å². The summed E-state index contributed by atoms with van der Waals surface area (Å²) in [6.07, 6.45) is 3.40. The molecule has 0 aromatic heterocycles. The first kappa shape index (κ1) is 15.8. The van der Waals surface area contributed by atoms with E-state index in [-0.39, 0.29) is 18.2 Å². The number of hydrogen-bond acceptors (Lipinski definition) is 4. The Balaban J connectivity index is 2.63. The number of nitrogens with zero attached hydrogens (tertiary/aromatic N) is 1. The van der Waals surface area contributed by atoms with Gasteiger partial charge < -0.3 is 10.4 Å². The molecule has 0 aliphatic rings. The summed E-state index contributed by atoms with van der Waals surface area (Å²) < 4.78 is 0. The first-order valence-corrected chi connectivity index (χ1v) is 6.19. The van der Waals surface area contributed by atoms with Gasteiger partial charge in [-0.3, -0.25) is 14.9 Å². The number of nitro groups is 1. The molecule has 0 bridgehead atoms. The number of carbonyl (C=O) groups excluding carboxylic acids is 1. The van der Waals surface area contributed by atoms with Crippen LogP contribution < -0.4 is 5.32 Å². The van der Waals surface area contributed by atoms with Gasteiger partial charge in [0.05, 0.1) is 4.92 Å². The molecule has 0 saturated carbocycles. The Kier molecular flexibility index (Phi) is 5.40. The lowest BCUT2D eigenvalue weighted by atomic mass is 10.0. The van der Waals surface area contributed by atoms with Crippen molar-refractivity contribution in [2.24, 2.45) is 0 Å². The largest absolute Gasteiger partial charge is 0.396 e. The minimum absolute atomic E-state index is 0.000648. The topological polar surface area (TPSA) is 92.5 Å². The highest BCUT2D eigenvalue weighted by molar-refractivity contribution is 5.92. The molecule has 1 aromatic rings. The summed E-state index contributed by atoms with van der Waals surface area (Å²) in [6.45, 7) is 3.64. The molecule has 20 heavy (non-hydrogen) atoms. The van der Waals surface area contributed by atoms with Crippen LogP contribution in [-0.4, -0.2) is 28.1 Å². The van der Waals surface area contributed by atoms with Gasteiger partial charge in [0.15, 0.2) is 0 Å². The van der Waals surface area contributed by atoms with Crippen LogP contribution in [0.5, 0.6) is 0 Å². The lowest BCUT2D eigenvalue weighted by Gasteiger charge is -2.24. The third kappa shape index (κ3) is 5.19. The molecule has 6 heteroatoms. The predicted molar refractivity (Wildman–Crippen MR) is 76.1 cm³/mol. The van der Waals surface area contributed by atoms with E-state index in [1.54, 1.807) is 18.2 Å². The third-order valence-electron chi connectivity index (χ3n) is 2.73. The van der Waals surface area contributed by atoms with E-state index >= 15 is 0 Å². The van der Waals surface area contributed by atoms with Crippen LogP contribution in [0.2, 0.25) is 0 Å². The lowest BCUT2D eigenvalue weighted by Crippen LogP contribution is -2.43. The van der Waals surface area contributed by atoms with Gasteiger partial charge in [-0.1, -0.05) is 0 Å². The minimum atomic E-state index is -0.481. The predicted octanol–water partition coefficient (Wildman–Crippen LogP) is 1.89. The van der Waals surface area contributed by atoms with Crippen LogP contribution in [0.1, 0.15) is 25.8 Å². The van der Waals surface area contributed by atoms with Crippen LogP contribution in [0.25, 0.3) is 6.08 Å². The van der Waals surface area contributed by atoms with Crippen LogP contribution in [-0.2, 0) is 4.79 Å². The van der Waals surface area contributed by atoms with E-state index < -0.39 is 10.5 Å². The molecule has 2 N–H and O–H groups in total. The van der Waals surface area contributed by atoms with Crippen LogP contribution >= 0.6 is 0 Å². The summed E-state index contributed by atoms with van der Waals surface area (Å²) in [7, 11) is 0. The first-order valence-electron chi connectivity index (χ1n) is 6.19. The molecule has 0 fully saturated rings. The number of nitrogens with one attached hydrogen (secondary N) is 1. The number of aliphatic hydroxyl groups excluding tert-OH is 1. The highest BCUT2D eigenvalue weighted by Gasteiger charge is 2.18. The van der Waals surface area contributed by atoms with Crippen LogP contribution in [0.4, 0.5) is 5.69 Å². The van der Waals surface area contributed by atoms with Crippen molar-refractivity contribution < 1.29 is 14.8 Å². The van der Waals surface area contributed by atoms with Gasteiger partial charge in [-0.25, -0.2) is 0 Å². The van der Waals surface area contributed by atoms with E-state index in [4.69, 9.17) is 5.11 Å². The number of carbonyl (C=O) groups is 1. The van der Waals surface area contributed by atoms with Gasteiger partial charge in [-0.05, 0) is 44.0 Å². The van der Waals surface area contributed by atoms with Gasteiger partial charge in [0, 0.05) is 30.4 Å². The van der Waals surface area contributed by atoms with E-state index in [9.17, 15) is 14.9 Å². The molecular weight excluding hydrogens is 260 g/mol. The standard InChI is InChI=1S/C14H18N2O4/c1-14(2,9-10-17)15-13(18)8-5-11-3-6-12(7-4-11)16(19)20/h3-8,17H,9-10H2,1-2H3,(H,15,18)/b8-5+. The summed E-state index contributed by atoms with van der Waals surface area (Å²) in [4.78, 5) is 21.7. The van der Waals surface area contributed by atoms with Gasteiger partial charge in [0.2, 0.25) is 5.91 Å². The SMILES string of the molecule is CC(C)(CCO)NC(=O)/C=C/c1ccc([N+](=O)[O-])cc1. The Bertz CT molecular complexity index is 506. The zero-order valence-electron chi connectivity index (χ0n) is 11.5. The van der Waals surface area contributed by atoms with Crippen molar-refractivity contribution in [3.8, 4) is 0 Å². The lowest BCUT2D eigenvalue weighted by molar-refractivity contribution is -0.384. The van der Waals surface area contributed by atoms with E-state index in [0.717, 1.165) is 0 Å². The van der Waals surface area contributed by atoms with Crippen LogP contribution in [0.3, 0.4) is 0 Å². The van der Waals surface area contributed by atoms with Gasteiger partial charge >= 0.3 is 0 Å². The molecule has 0 spiro atoms. The fourth-order valence-corrected chi connectivity index (χ4v) is 1.60. The number of benzene rings is 1. The van der Waals surface area contributed by atoms with Crippen molar-refractivity contribution in [2.45, 2.75) is 25.8 Å². The average molecular weight is 278 g/mol. The smallest absolute Gasteiger partial charge is 0.269 e. The second-order valence-corrected chi connectivity index (χ2v) is 5.03. The number of rotatable bonds is 6. The molecule has 1 aromatic carbocycles. The zero-order valence-corrected chi connectivity index (χ0v) is 11.5. The molecule has 1 amide bonds. The van der Waals surface area contributed by atoms with Crippen molar-refractivity contribution >= 4 is 17.7 Å². The van der Waals surface area contributed by atoms with Crippen molar-refractivity contribution in [3.05, 3.63) is 46.0 Å². The fourth-order valence-electron chi connectivity index (χ4n) is 1.60. The molecule has 108 valence electrons. The molecule has 0 aliphatic heterocycles. The number of hydrogen-bond donors (Lipinski definition) is 2. The van der Waals surface area contributed by atoms with Crippen molar-refractivity contribution in [3.63, 3.8) is 0 Å². The van der Waals surface area contributed by atoms with Gasteiger partial charge in [-0.2, -0.15) is 0 Å². The minimum Gasteiger partial charge on any atom is -0.396 e. The molecular formula is C14H18N2O4. The van der Waals surface area contributed by atoms with Gasteiger partial charge in [0.1, 0.15) is 0 Å². The quantitative estimate of drug-likeness (QED) is 0.472. The number of aliphatic hydroxyl groups is 1. The maximum absolute atomic E-state index is 11.7. The number of amides is 1. The molecule has 1 rings (SSSR count). The van der Waals surface area contributed by atoms with E-state index in [1.807, 2.05) is 13.8 Å². The number of non-ortho nitro benzene ring substituents is 1. The Labute approximate surface area is 117 Å². The molecule has 0 saturated heterocycles. The second-order valence-electron chi connectivity index (χ2n) is 5.03. The molecule has 0 atom stereocenters. The highest BCUT2D eigenvalue weighted by atomic mass is 16.6. The average Bonchev–Trinajstić information content (AvgIpc) is 2.36. The van der Waals surface area contributed by atoms with Crippen molar-refractivity contribution in [2.75, 3.05) is 6.61 Å². The van der Waals surface area contributed by atoms with Crippen LogP contribution in [0, 0.1) is 10.1 Å². The molecule has 6 nitrogen and oxygen atoms in total. The maximum atomic E-state index is 11.7. The molecule has 0 aliphatic carbocycles. The zero-order chi connectivity index (χ0) is 15.2. The Morgan fingerprint density at radius 2 is 2.00 bits per heavy atom. The Morgan fingerprint density at radius 3 is 2.50 bits per heavy atom. The monoisotopic (exact) mass is 278 g/mol. The highest BCUT2D eigenvalue weighted by Crippen LogP contribution is 2.13. The molecule has 0 unspecified atom stereocenters. The Hall–Kier alpha value is -2.21. The van der Waals surface area contributed by atoms with E-state index in [2.05, 4.69) is 5.32 Å². The Morgan fingerprint density at radius 1 is 1.40 bits per heavy atom. The van der Waals surface area contributed by atoms with Crippen LogP contribution in [0.15, 0.2) is 30.3 Å². The van der Waals surface area contributed by atoms with Crippen molar-refractivity contribution in [1.82, 2.24) is 5.32 Å².